The van der Waals surface area contributed by atoms with Crippen molar-refractivity contribution in [3.05, 3.63) is 92.3 Å². The van der Waals surface area contributed by atoms with E-state index in [0.29, 0.717) is 43.9 Å². The Kier molecular flexibility index (Phi) is 8.80. The molecule has 0 bridgehead atoms. The highest BCUT2D eigenvalue weighted by Gasteiger charge is 2.32. The smallest absolute Gasteiger partial charge is 0.266 e. The lowest BCUT2D eigenvalue weighted by Crippen LogP contribution is -2.27. The molecule has 3 aromatic rings. The Hall–Kier alpha value is -2.71. The summed E-state index contributed by atoms with van der Waals surface area (Å²) in [6.07, 6.45) is 1.82. The number of amides is 1. The second kappa shape index (κ2) is 12.0. The fourth-order valence-electron chi connectivity index (χ4n) is 3.50. The van der Waals surface area contributed by atoms with Crippen LogP contribution in [0.1, 0.15) is 23.6 Å². The predicted molar refractivity (Wildman–Crippen MR) is 150 cm³/mol. The van der Waals surface area contributed by atoms with Crippen molar-refractivity contribution in [2.45, 2.75) is 20.1 Å². The fraction of sp³-hybridized carbons (Fsp3) is 0.185. The molecule has 1 heterocycles. The molecule has 0 aliphatic carbocycles. The van der Waals surface area contributed by atoms with Crippen LogP contribution in [0.3, 0.4) is 0 Å². The zero-order valence-corrected chi connectivity index (χ0v) is 22.8. The van der Waals surface area contributed by atoms with E-state index < -0.39 is 0 Å². The van der Waals surface area contributed by atoms with E-state index in [9.17, 15) is 4.79 Å². The number of hydrogen-bond donors (Lipinski definition) is 0. The van der Waals surface area contributed by atoms with Crippen LogP contribution in [0.25, 0.3) is 6.08 Å². The molecular formula is C27H23Cl2NO4S2. The molecule has 0 N–H and O–H groups in total. The van der Waals surface area contributed by atoms with E-state index in [1.54, 1.807) is 24.1 Å². The van der Waals surface area contributed by atoms with Crippen LogP contribution in [-0.2, 0) is 17.9 Å². The van der Waals surface area contributed by atoms with Crippen LogP contribution in [0.5, 0.6) is 17.2 Å². The number of thioether (sulfide) groups is 1. The molecule has 0 aromatic heterocycles. The monoisotopic (exact) mass is 559 g/mol. The number of nitrogens with zero attached hydrogens (tertiary/aromatic N) is 1. The van der Waals surface area contributed by atoms with Crippen LogP contribution in [0.4, 0.5) is 0 Å². The Morgan fingerprint density at radius 3 is 2.47 bits per heavy atom. The Morgan fingerprint density at radius 2 is 1.78 bits per heavy atom. The molecule has 0 spiro atoms. The van der Waals surface area contributed by atoms with Gasteiger partial charge in [0.1, 0.15) is 16.7 Å². The number of rotatable bonds is 9. The molecule has 9 heteroatoms. The molecule has 186 valence electrons. The summed E-state index contributed by atoms with van der Waals surface area (Å²) in [6, 6.07) is 18.4. The van der Waals surface area contributed by atoms with Gasteiger partial charge in [-0.25, -0.2) is 0 Å². The van der Waals surface area contributed by atoms with Gasteiger partial charge in [0.05, 0.1) is 25.2 Å². The predicted octanol–water partition coefficient (Wildman–Crippen LogP) is 7.38. The molecule has 0 atom stereocenters. The Labute approximate surface area is 229 Å². The highest BCUT2D eigenvalue weighted by Crippen LogP contribution is 2.36. The van der Waals surface area contributed by atoms with Crippen molar-refractivity contribution in [3.63, 3.8) is 0 Å². The third-order valence-corrected chi connectivity index (χ3v) is 7.30. The standard InChI is InChI=1S/C27H23Cl2NO4S2/c1-3-33-24-12-18(6-11-23(24)34-16-19-7-8-20(28)14-22(19)29)13-25-26(31)30(27(35)36-25)15-17-4-9-21(32-2)10-5-17/h4-14H,3,15-16H2,1-2H3. The Bertz CT molecular complexity index is 1310. The van der Waals surface area contributed by atoms with Crippen molar-refractivity contribution in [2.75, 3.05) is 13.7 Å². The van der Waals surface area contributed by atoms with E-state index in [1.807, 2.05) is 61.5 Å². The Balaban J connectivity index is 1.49. The van der Waals surface area contributed by atoms with Gasteiger partial charge in [0, 0.05) is 15.6 Å². The summed E-state index contributed by atoms with van der Waals surface area (Å²) in [6.45, 7) is 3.03. The van der Waals surface area contributed by atoms with E-state index >= 15 is 0 Å². The highest BCUT2D eigenvalue weighted by molar-refractivity contribution is 8.26. The first-order valence-electron chi connectivity index (χ1n) is 11.1. The lowest BCUT2D eigenvalue weighted by Gasteiger charge is -2.15. The van der Waals surface area contributed by atoms with E-state index in [0.717, 1.165) is 22.4 Å². The molecule has 0 unspecified atom stereocenters. The summed E-state index contributed by atoms with van der Waals surface area (Å²) in [5.74, 6) is 1.78. The van der Waals surface area contributed by atoms with Gasteiger partial charge in [0.15, 0.2) is 11.5 Å². The van der Waals surface area contributed by atoms with Crippen molar-refractivity contribution in [1.82, 2.24) is 4.90 Å². The molecule has 1 fully saturated rings. The number of benzene rings is 3. The summed E-state index contributed by atoms with van der Waals surface area (Å²) in [5, 5.41) is 1.10. The van der Waals surface area contributed by atoms with Gasteiger partial charge in [-0.1, -0.05) is 71.4 Å². The topological polar surface area (TPSA) is 48.0 Å². The molecule has 1 amide bonds. The lowest BCUT2D eigenvalue weighted by molar-refractivity contribution is -0.122. The first-order chi connectivity index (χ1) is 17.4. The van der Waals surface area contributed by atoms with Crippen LogP contribution in [0.15, 0.2) is 65.6 Å². The molecule has 36 heavy (non-hydrogen) atoms. The summed E-state index contributed by atoms with van der Waals surface area (Å²) in [5.41, 5.74) is 2.59. The van der Waals surface area contributed by atoms with Crippen molar-refractivity contribution in [2.24, 2.45) is 0 Å². The van der Waals surface area contributed by atoms with Crippen molar-refractivity contribution in [3.8, 4) is 17.2 Å². The van der Waals surface area contributed by atoms with Gasteiger partial charge in [0.25, 0.3) is 5.91 Å². The average Bonchev–Trinajstić information content (AvgIpc) is 3.12. The second-order valence-electron chi connectivity index (χ2n) is 7.78. The summed E-state index contributed by atoms with van der Waals surface area (Å²) < 4.78 is 17.5. The minimum absolute atomic E-state index is 0.128. The molecule has 5 nitrogen and oxygen atoms in total. The summed E-state index contributed by atoms with van der Waals surface area (Å²) >= 11 is 19.0. The highest BCUT2D eigenvalue weighted by atomic mass is 35.5. The first kappa shape index (κ1) is 26.4. The lowest BCUT2D eigenvalue weighted by atomic mass is 10.1. The van der Waals surface area contributed by atoms with Gasteiger partial charge in [-0.3, -0.25) is 9.69 Å². The number of carbonyl (C=O) groups excluding carboxylic acids is 1. The zero-order chi connectivity index (χ0) is 25.7. The third-order valence-electron chi connectivity index (χ3n) is 5.34. The molecule has 0 saturated carbocycles. The van der Waals surface area contributed by atoms with Crippen molar-refractivity contribution < 1.29 is 19.0 Å². The third kappa shape index (κ3) is 6.34. The summed E-state index contributed by atoms with van der Waals surface area (Å²) in [4.78, 5) is 15.2. The van der Waals surface area contributed by atoms with E-state index in [-0.39, 0.29) is 12.5 Å². The molecule has 1 aliphatic heterocycles. The van der Waals surface area contributed by atoms with Gasteiger partial charge in [-0.15, -0.1) is 0 Å². The molecule has 1 saturated heterocycles. The van der Waals surface area contributed by atoms with E-state index in [2.05, 4.69) is 0 Å². The van der Waals surface area contributed by atoms with Crippen molar-refractivity contribution in [1.29, 1.82) is 0 Å². The molecule has 3 aromatic carbocycles. The Morgan fingerprint density at radius 1 is 1.00 bits per heavy atom. The minimum atomic E-state index is -0.128. The van der Waals surface area contributed by atoms with Gasteiger partial charge < -0.3 is 14.2 Å². The number of ether oxygens (including phenoxy) is 3. The molecule has 0 radical (unpaired) electrons. The van der Waals surface area contributed by atoms with Crippen LogP contribution in [0.2, 0.25) is 10.0 Å². The molecule has 1 aliphatic rings. The van der Waals surface area contributed by atoms with E-state index in [1.165, 1.54) is 11.8 Å². The van der Waals surface area contributed by atoms with Gasteiger partial charge >= 0.3 is 0 Å². The average molecular weight is 561 g/mol. The van der Waals surface area contributed by atoms with E-state index in [4.69, 9.17) is 49.6 Å². The van der Waals surface area contributed by atoms with Gasteiger partial charge in [0.2, 0.25) is 0 Å². The molecular weight excluding hydrogens is 537 g/mol. The van der Waals surface area contributed by atoms with Crippen molar-refractivity contribution >= 4 is 63.5 Å². The van der Waals surface area contributed by atoms with Gasteiger partial charge in [-0.05, 0) is 60.5 Å². The van der Waals surface area contributed by atoms with Crippen LogP contribution in [-0.4, -0.2) is 28.8 Å². The first-order valence-corrected chi connectivity index (χ1v) is 13.1. The minimum Gasteiger partial charge on any atom is -0.497 e. The maximum atomic E-state index is 13.1. The number of carbonyl (C=O) groups is 1. The van der Waals surface area contributed by atoms with Crippen LogP contribution >= 0.6 is 47.2 Å². The fourth-order valence-corrected chi connectivity index (χ4v) is 5.22. The SMILES string of the molecule is CCOc1cc(C=C2SC(=S)N(Cc3ccc(OC)cc3)C2=O)ccc1OCc1ccc(Cl)cc1Cl. The van der Waals surface area contributed by atoms with Gasteiger partial charge in [-0.2, -0.15) is 0 Å². The number of hydrogen-bond acceptors (Lipinski definition) is 6. The number of thiocarbonyl (C=S) groups is 1. The maximum absolute atomic E-state index is 13.1. The normalized spacial score (nSPS) is 14.4. The number of methoxy groups -OCH3 is 1. The molecule has 4 rings (SSSR count). The van der Waals surface area contributed by atoms with Crippen LogP contribution in [0, 0.1) is 0 Å². The summed E-state index contributed by atoms with van der Waals surface area (Å²) in [7, 11) is 1.62. The quantitative estimate of drug-likeness (QED) is 0.201. The van der Waals surface area contributed by atoms with Crippen LogP contribution < -0.4 is 14.2 Å². The second-order valence-corrected chi connectivity index (χ2v) is 10.3. The zero-order valence-electron chi connectivity index (χ0n) is 19.6. The maximum Gasteiger partial charge on any atom is 0.266 e. The largest absolute Gasteiger partial charge is 0.497 e. The number of halogens is 2.